The second-order valence-electron chi connectivity index (χ2n) is 5.82. The van der Waals surface area contributed by atoms with E-state index >= 15 is 0 Å². The van der Waals surface area contributed by atoms with Crippen LogP contribution in [0.5, 0.6) is 0 Å². The lowest BCUT2D eigenvalue weighted by Gasteiger charge is -2.26. The van der Waals surface area contributed by atoms with Crippen LogP contribution in [0.15, 0.2) is 42.5 Å². The highest BCUT2D eigenvalue weighted by Crippen LogP contribution is 2.28. The minimum absolute atomic E-state index is 0.653. The van der Waals surface area contributed by atoms with Gasteiger partial charge in [0.1, 0.15) is 0 Å². The van der Waals surface area contributed by atoms with Gasteiger partial charge in [-0.2, -0.15) is 0 Å². The van der Waals surface area contributed by atoms with Crippen molar-refractivity contribution in [3.63, 3.8) is 0 Å². The van der Waals surface area contributed by atoms with Crippen molar-refractivity contribution in [3.05, 3.63) is 48.0 Å². The summed E-state index contributed by atoms with van der Waals surface area (Å²) in [7, 11) is -1.17. The average Bonchev–Trinajstić information content (AvgIpc) is 2.28. The van der Waals surface area contributed by atoms with Gasteiger partial charge in [-0.25, -0.2) is 0 Å². The molecule has 0 bridgehead atoms. The van der Waals surface area contributed by atoms with Crippen molar-refractivity contribution < 1.29 is 0 Å². The van der Waals surface area contributed by atoms with Crippen molar-refractivity contribution in [2.45, 2.75) is 51.4 Å². The molecule has 0 aliphatic carbocycles. The SMILES string of the molecule is CCCC/C=C/[C@H](c1ccccc1)[Si](C)(C)C. The topological polar surface area (TPSA) is 0 Å². The lowest BCUT2D eigenvalue weighted by molar-refractivity contribution is 0.812. The Balaban J connectivity index is 2.79. The molecule has 94 valence electrons. The van der Waals surface area contributed by atoms with E-state index in [0.29, 0.717) is 5.54 Å². The van der Waals surface area contributed by atoms with E-state index in [1.165, 1.54) is 24.8 Å². The molecule has 0 unspecified atom stereocenters. The summed E-state index contributed by atoms with van der Waals surface area (Å²) in [5, 5.41) is 0. The van der Waals surface area contributed by atoms with Crippen LogP contribution < -0.4 is 0 Å². The van der Waals surface area contributed by atoms with Gasteiger partial charge in [-0.3, -0.25) is 0 Å². The predicted molar refractivity (Wildman–Crippen MR) is 81.2 cm³/mol. The van der Waals surface area contributed by atoms with Crippen LogP contribution in [0.4, 0.5) is 0 Å². The molecule has 1 heteroatoms. The summed E-state index contributed by atoms with van der Waals surface area (Å²) in [6.07, 6.45) is 8.66. The Labute approximate surface area is 108 Å². The minimum atomic E-state index is -1.17. The zero-order valence-corrected chi connectivity index (χ0v) is 12.7. The number of hydrogen-bond donors (Lipinski definition) is 0. The molecule has 0 saturated carbocycles. The maximum Gasteiger partial charge on any atom is 0.0565 e. The summed E-state index contributed by atoms with van der Waals surface area (Å²) in [5.74, 6) is 0. The summed E-state index contributed by atoms with van der Waals surface area (Å²) in [6.45, 7) is 9.61. The third kappa shape index (κ3) is 4.91. The van der Waals surface area contributed by atoms with Crippen molar-refractivity contribution in [1.29, 1.82) is 0 Å². The molecule has 0 aliphatic rings. The van der Waals surface area contributed by atoms with Gasteiger partial charge in [-0.1, -0.05) is 81.9 Å². The summed E-state index contributed by atoms with van der Waals surface area (Å²) in [5.41, 5.74) is 2.14. The summed E-state index contributed by atoms with van der Waals surface area (Å²) in [6, 6.07) is 11.0. The lowest BCUT2D eigenvalue weighted by Crippen LogP contribution is -2.29. The van der Waals surface area contributed by atoms with E-state index in [9.17, 15) is 0 Å². The molecular weight excluding hydrogens is 220 g/mol. The fraction of sp³-hybridized carbons (Fsp3) is 0.500. The van der Waals surface area contributed by atoms with Crippen molar-refractivity contribution in [3.8, 4) is 0 Å². The first-order valence-electron chi connectivity index (χ1n) is 6.77. The molecule has 0 radical (unpaired) electrons. The van der Waals surface area contributed by atoms with E-state index in [1.54, 1.807) is 0 Å². The molecule has 1 atom stereocenters. The highest BCUT2D eigenvalue weighted by molar-refractivity contribution is 6.78. The maximum absolute atomic E-state index is 2.46. The molecule has 0 nitrogen and oxygen atoms in total. The molecular formula is C16H26Si. The highest BCUT2D eigenvalue weighted by Gasteiger charge is 2.25. The zero-order chi connectivity index (χ0) is 12.7. The summed E-state index contributed by atoms with van der Waals surface area (Å²) < 4.78 is 0. The Morgan fingerprint density at radius 3 is 2.29 bits per heavy atom. The third-order valence-corrected chi connectivity index (χ3v) is 5.54. The molecule has 17 heavy (non-hydrogen) atoms. The molecule has 0 amide bonds. The van der Waals surface area contributed by atoms with E-state index in [-0.39, 0.29) is 0 Å². The summed E-state index contributed by atoms with van der Waals surface area (Å²) >= 11 is 0. The second-order valence-corrected chi connectivity index (χ2v) is 11.2. The van der Waals surface area contributed by atoms with Gasteiger partial charge in [0.25, 0.3) is 0 Å². The molecule has 0 heterocycles. The molecule has 0 aromatic heterocycles. The van der Waals surface area contributed by atoms with Crippen molar-refractivity contribution in [2.75, 3.05) is 0 Å². The largest absolute Gasteiger partial charge is 0.0882 e. The maximum atomic E-state index is 2.46. The van der Waals surface area contributed by atoms with Crippen LogP contribution >= 0.6 is 0 Å². The number of unbranched alkanes of at least 4 members (excludes halogenated alkanes) is 2. The molecule has 0 N–H and O–H groups in total. The van der Waals surface area contributed by atoms with Crippen LogP contribution in [0.1, 0.15) is 37.3 Å². The number of benzene rings is 1. The van der Waals surface area contributed by atoms with E-state index in [4.69, 9.17) is 0 Å². The molecule has 1 aromatic rings. The van der Waals surface area contributed by atoms with Crippen molar-refractivity contribution in [1.82, 2.24) is 0 Å². The number of hydrogen-bond acceptors (Lipinski definition) is 0. The van der Waals surface area contributed by atoms with Crippen LogP contribution in [-0.4, -0.2) is 8.07 Å². The minimum Gasteiger partial charge on any atom is -0.0882 e. The summed E-state index contributed by atoms with van der Waals surface area (Å²) in [4.78, 5) is 0. The molecule has 0 spiro atoms. The Morgan fingerprint density at radius 1 is 1.12 bits per heavy atom. The van der Waals surface area contributed by atoms with Crippen LogP contribution in [-0.2, 0) is 0 Å². The van der Waals surface area contributed by atoms with Gasteiger partial charge < -0.3 is 0 Å². The Morgan fingerprint density at radius 2 is 1.76 bits per heavy atom. The van der Waals surface area contributed by atoms with Crippen LogP contribution in [0.3, 0.4) is 0 Å². The van der Waals surface area contributed by atoms with Crippen LogP contribution in [0.2, 0.25) is 19.6 Å². The predicted octanol–water partition coefficient (Wildman–Crippen LogP) is 5.39. The van der Waals surface area contributed by atoms with E-state index < -0.39 is 8.07 Å². The van der Waals surface area contributed by atoms with Gasteiger partial charge in [-0.15, -0.1) is 0 Å². The standard InChI is InChI=1S/C16H26Si/c1-5-6-7-11-14-16(17(2,3)4)15-12-9-8-10-13-15/h8-14,16H,5-7H2,1-4H3/b14-11+/t16-/m1/s1. The van der Waals surface area contributed by atoms with Gasteiger partial charge in [0.2, 0.25) is 0 Å². The van der Waals surface area contributed by atoms with E-state index in [2.05, 4.69) is 69.0 Å². The van der Waals surface area contributed by atoms with E-state index in [1.807, 2.05) is 0 Å². The first kappa shape index (κ1) is 14.2. The average molecular weight is 246 g/mol. The first-order valence-corrected chi connectivity index (χ1v) is 10.3. The van der Waals surface area contributed by atoms with Crippen molar-refractivity contribution in [2.24, 2.45) is 0 Å². The number of allylic oxidation sites excluding steroid dienone is 2. The lowest BCUT2D eigenvalue weighted by atomic mass is 10.1. The molecule has 0 aliphatic heterocycles. The highest BCUT2D eigenvalue weighted by atomic mass is 28.3. The zero-order valence-electron chi connectivity index (χ0n) is 11.7. The van der Waals surface area contributed by atoms with Gasteiger partial charge in [0, 0.05) is 0 Å². The Bertz CT molecular complexity index is 332. The smallest absolute Gasteiger partial charge is 0.0565 e. The second kappa shape index (κ2) is 6.80. The first-order chi connectivity index (χ1) is 8.05. The Kier molecular flexibility index (Phi) is 5.70. The fourth-order valence-corrected chi connectivity index (χ4v) is 4.02. The fourth-order valence-electron chi connectivity index (χ4n) is 2.11. The van der Waals surface area contributed by atoms with Crippen molar-refractivity contribution >= 4 is 8.07 Å². The molecule has 1 aromatic carbocycles. The monoisotopic (exact) mass is 246 g/mol. The molecule has 1 rings (SSSR count). The van der Waals surface area contributed by atoms with Gasteiger partial charge >= 0.3 is 0 Å². The number of rotatable bonds is 6. The van der Waals surface area contributed by atoms with Gasteiger partial charge in [0.15, 0.2) is 0 Å². The van der Waals surface area contributed by atoms with Gasteiger partial charge in [-0.05, 0) is 17.5 Å². The quantitative estimate of drug-likeness (QED) is 0.358. The normalized spacial score (nSPS) is 14.1. The Hall–Kier alpha value is -0.823. The molecule has 0 saturated heterocycles. The van der Waals surface area contributed by atoms with Crippen LogP contribution in [0.25, 0.3) is 0 Å². The third-order valence-electron chi connectivity index (χ3n) is 3.14. The van der Waals surface area contributed by atoms with E-state index in [0.717, 1.165) is 0 Å². The molecule has 0 fully saturated rings. The van der Waals surface area contributed by atoms with Gasteiger partial charge in [0.05, 0.1) is 8.07 Å². The van der Waals surface area contributed by atoms with Crippen LogP contribution in [0, 0.1) is 0 Å².